The molecule has 4 heteroatoms. The lowest BCUT2D eigenvalue weighted by atomic mass is 10.0. The molecular formula is C12H13NO3. The molecule has 0 aliphatic rings. The van der Waals surface area contributed by atoms with Crippen molar-refractivity contribution in [3.8, 4) is 11.8 Å². The monoisotopic (exact) mass is 219 g/mol. The molecule has 0 fully saturated rings. The summed E-state index contributed by atoms with van der Waals surface area (Å²) in [6, 6.07) is 5.17. The quantitative estimate of drug-likeness (QED) is 0.785. The first-order valence-electron chi connectivity index (χ1n) is 4.97. The van der Waals surface area contributed by atoms with Crippen molar-refractivity contribution in [1.82, 2.24) is 0 Å². The van der Waals surface area contributed by atoms with Crippen LogP contribution in [0.2, 0.25) is 0 Å². The minimum atomic E-state index is -0.445. The Labute approximate surface area is 94.1 Å². The Bertz CT molecular complexity index is 446. The van der Waals surface area contributed by atoms with Crippen LogP contribution < -0.4 is 0 Å². The van der Waals surface area contributed by atoms with Gasteiger partial charge in [-0.1, -0.05) is 6.07 Å². The largest absolute Gasteiger partial charge is 0.507 e. The molecule has 0 saturated heterocycles. The van der Waals surface area contributed by atoms with Crippen LogP contribution in [0.15, 0.2) is 12.1 Å². The van der Waals surface area contributed by atoms with Crippen molar-refractivity contribution < 1.29 is 14.6 Å². The van der Waals surface area contributed by atoms with Crippen LogP contribution in [0.4, 0.5) is 0 Å². The molecule has 0 saturated carbocycles. The standard InChI is InChI=1S/C12H13NO3/c1-3-16-11(14)6-10-9(7-13)5-4-8(2)12(10)15/h4-5,15H,3,6H2,1-2H3. The molecule has 0 amide bonds. The van der Waals surface area contributed by atoms with Gasteiger partial charge in [-0.2, -0.15) is 5.26 Å². The Hall–Kier alpha value is -2.02. The molecule has 0 aliphatic heterocycles. The zero-order valence-corrected chi connectivity index (χ0v) is 9.28. The van der Waals surface area contributed by atoms with Gasteiger partial charge < -0.3 is 9.84 Å². The molecule has 1 aromatic carbocycles. The number of carbonyl (C=O) groups is 1. The molecule has 0 radical (unpaired) electrons. The predicted molar refractivity (Wildman–Crippen MR) is 57.9 cm³/mol. The number of ether oxygens (including phenoxy) is 1. The first kappa shape index (κ1) is 12.1. The van der Waals surface area contributed by atoms with Gasteiger partial charge in [0.1, 0.15) is 5.75 Å². The second kappa shape index (κ2) is 5.17. The van der Waals surface area contributed by atoms with E-state index in [4.69, 9.17) is 10.00 Å². The highest BCUT2D eigenvalue weighted by atomic mass is 16.5. The summed E-state index contributed by atoms with van der Waals surface area (Å²) < 4.78 is 4.78. The van der Waals surface area contributed by atoms with E-state index in [0.29, 0.717) is 16.7 Å². The van der Waals surface area contributed by atoms with E-state index in [1.54, 1.807) is 26.0 Å². The van der Waals surface area contributed by atoms with E-state index in [1.165, 1.54) is 0 Å². The van der Waals surface area contributed by atoms with E-state index in [0.717, 1.165) is 0 Å². The molecule has 0 atom stereocenters. The summed E-state index contributed by atoms with van der Waals surface area (Å²) in [7, 11) is 0. The van der Waals surface area contributed by atoms with Gasteiger partial charge in [0.05, 0.1) is 24.7 Å². The van der Waals surface area contributed by atoms with Gasteiger partial charge in [-0.15, -0.1) is 0 Å². The number of benzene rings is 1. The van der Waals surface area contributed by atoms with Crippen LogP contribution in [0, 0.1) is 18.3 Å². The van der Waals surface area contributed by atoms with Crippen molar-refractivity contribution in [2.24, 2.45) is 0 Å². The fourth-order valence-corrected chi connectivity index (χ4v) is 1.39. The molecule has 84 valence electrons. The van der Waals surface area contributed by atoms with Crippen molar-refractivity contribution in [2.45, 2.75) is 20.3 Å². The smallest absolute Gasteiger partial charge is 0.310 e. The fourth-order valence-electron chi connectivity index (χ4n) is 1.39. The molecule has 0 spiro atoms. The van der Waals surface area contributed by atoms with Crippen molar-refractivity contribution in [3.63, 3.8) is 0 Å². The minimum absolute atomic E-state index is 0.00731. The Morgan fingerprint density at radius 3 is 2.81 bits per heavy atom. The van der Waals surface area contributed by atoms with Gasteiger partial charge in [0.25, 0.3) is 0 Å². The highest BCUT2D eigenvalue weighted by molar-refractivity contribution is 5.75. The number of aromatic hydroxyl groups is 1. The van der Waals surface area contributed by atoms with Gasteiger partial charge in [0.2, 0.25) is 0 Å². The van der Waals surface area contributed by atoms with Gasteiger partial charge >= 0.3 is 5.97 Å². The molecule has 0 unspecified atom stereocenters. The molecule has 1 aromatic rings. The van der Waals surface area contributed by atoms with E-state index in [-0.39, 0.29) is 18.8 Å². The topological polar surface area (TPSA) is 70.3 Å². The SMILES string of the molecule is CCOC(=O)Cc1c(C#N)ccc(C)c1O. The first-order chi connectivity index (χ1) is 7.60. The zero-order valence-electron chi connectivity index (χ0n) is 9.28. The van der Waals surface area contributed by atoms with E-state index in [2.05, 4.69) is 0 Å². The Morgan fingerprint density at radius 2 is 2.25 bits per heavy atom. The molecule has 0 heterocycles. The van der Waals surface area contributed by atoms with Gasteiger partial charge in [-0.05, 0) is 25.5 Å². The average Bonchev–Trinajstić information content (AvgIpc) is 2.25. The lowest BCUT2D eigenvalue weighted by molar-refractivity contribution is -0.142. The number of rotatable bonds is 3. The van der Waals surface area contributed by atoms with Gasteiger partial charge in [0.15, 0.2) is 0 Å². The normalized spacial score (nSPS) is 9.56. The third-order valence-corrected chi connectivity index (χ3v) is 2.23. The molecule has 16 heavy (non-hydrogen) atoms. The number of aryl methyl sites for hydroxylation is 1. The molecule has 1 N–H and O–H groups in total. The maximum atomic E-state index is 11.3. The average molecular weight is 219 g/mol. The van der Waals surface area contributed by atoms with Crippen LogP contribution in [-0.2, 0) is 16.0 Å². The highest BCUT2D eigenvalue weighted by Crippen LogP contribution is 2.25. The zero-order chi connectivity index (χ0) is 12.1. The van der Waals surface area contributed by atoms with Gasteiger partial charge in [-0.25, -0.2) is 0 Å². The van der Waals surface area contributed by atoms with Crippen molar-refractivity contribution in [1.29, 1.82) is 5.26 Å². The van der Waals surface area contributed by atoms with E-state index < -0.39 is 5.97 Å². The predicted octanol–water partition coefficient (Wildman–Crippen LogP) is 1.68. The highest BCUT2D eigenvalue weighted by Gasteiger charge is 2.14. The Kier molecular flexibility index (Phi) is 3.90. The number of nitriles is 1. The van der Waals surface area contributed by atoms with Crippen LogP contribution in [0.25, 0.3) is 0 Å². The summed E-state index contributed by atoms with van der Waals surface area (Å²) in [4.78, 5) is 11.3. The van der Waals surface area contributed by atoms with E-state index in [9.17, 15) is 9.90 Å². The number of hydrogen-bond donors (Lipinski definition) is 1. The van der Waals surface area contributed by atoms with Crippen LogP contribution in [0.3, 0.4) is 0 Å². The summed E-state index contributed by atoms with van der Waals surface area (Å²) in [6.45, 7) is 3.71. The summed E-state index contributed by atoms with van der Waals surface area (Å²) in [5.74, 6) is -0.452. The molecule has 0 bridgehead atoms. The Balaban J connectivity index is 3.07. The lowest BCUT2D eigenvalue weighted by Gasteiger charge is -2.08. The number of phenolic OH excluding ortho intramolecular Hbond substituents is 1. The Morgan fingerprint density at radius 1 is 1.56 bits per heavy atom. The second-order valence-electron chi connectivity index (χ2n) is 3.35. The molecule has 4 nitrogen and oxygen atoms in total. The van der Waals surface area contributed by atoms with E-state index in [1.807, 2.05) is 6.07 Å². The molecule has 0 aromatic heterocycles. The number of carbonyl (C=O) groups excluding carboxylic acids is 1. The van der Waals surface area contributed by atoms with Crippen molar-refractivity contribution >= 4 is 5.97 Å². The summed E-state index contributed by atoms with van der Waals surface area (Å²) >= 11 is 0. The number of esters is 1. The third kappa shape index (κ3) is 2.51. The van der Waals surface area contributed by atoms with Crippen molar-refractivity contribution in [2.75, 3.05) is 6.61 Å². The minimum Gasteiger partial charge on any atom is -0.507 e. The summed E-state index contributed by atoms with van der Waals surface area (Å²) in [6.07, 6.45) is -0.0791. The maximum absolute atomic E-state index is 11.3. The number of hydrogen-bond acceptors (Lipinski definition) is 4. The third-order valence-electron chi connectivity index (χ3n) is 2.23. The van der Waals surface area contributed by atoms with Gasteiger partial charge in [0, 0.05) is 5.56 Å². The van der Waals surface area contributed by atoms with Crippen LogP contribution >= 0.6 is 0 Å². The summed E-state index contributed by atoms with van der Waals surface area (Å²) in [5, 5.41) is 18.6. The number of nitrogens with zero attached hydrogens (tertiary/aromatic N) is 1. The van der Waals surface area contributed by atoms with Crippen LogP contribution in [0.5, 0.6) is 5.75 Å². The van der Waals surface area contributed by atoms with Crippen LogP contribution in [0.1, 0.15) is 23.6 Å². The van der Waals surface area contributed by atoms with Crippen LogP contribution in [-0.4, -0.2) is 17.7 Å². The molecular weight excluding hydrogens is 206 g/mol. The molecule has 1 rings (SSSR count). The van der Waals surface area contributed by atoms with Gasteiger partial charge in [-0.3, -0.25) is 4.79 Å². The molecule has 0 aliphatic carbocycles. The fraction of sp³-hybridized carbons (Fsp3) is 0.333. The summed E-state index contributed by atoms with van der Waals surface area (Å²) in [5.41, 5.74) is 1.27. The maximum Gasteiger partial charge on any atom is 0.310 e. The lowest BCUT2D eigenvalue weighted by Crippen LogP contribution is -2.09. The van der Waals surface area contributed by atoms with E-state index >= 15 is 0 Å². The second-order valence-corrected chi connectivity index (χ2v) is 3.35. The van der Waals surface area contributed by atoms with Crippen molar-refractivity contribution in [3.05, 3.63) is 28.8 Å². The number of phenols is 1. The first-order valence-corrected chi connectivity index (χ1v) is 4.97.